The molecule has 0 saturated carbocycles. The van der Waals surface area contributed by atoms with Crippen LogP contribution in [0.3, 0.4) is 0 Å². The average molecular weight is 133 g/mol. The maximum Gasteiger partial charge on any atom is 0.152 e. The molecule has 0 aliphatic rings. The molecule has 0 aliphatic heterocycles. The molecule has 0 radical (unpaired) electrons. The number of alkyl halides is 1. The van der Waals surface area contributed by atoms with Gasteiger partial charge in [0.15, 0.2) is 5.78 Å². The number of ketones is 1. The Hall–Kier alpha value is -0.300. The van der Waals surface area contributed by atoms with Crippen molar-refractivity contribution in [3.05, 3.63) is 12.2 Å². The molecule has 0 aromatic rings. The molecule has 0 saturated heterocycles. The van der Waals surface area contributed by atoms with Crippen LogP contribution in [-0.2, 0) is 4.79 Å². The van der Waals surface area contributed by atoms with Gasteiger partial charge in [0.25, 0.3) is 0 Å². The molecule has 1 atom stereocenters. The van der Waals surface area contributed by atoms with Crippen LogP contribution in [0.15, 0.2) is 12.2 Å². The standard InChI is InChI=1S/C6H9ClO/c1-5(7)3-4-6(2)8/h3-5H,1-2H3. The predicted octanol–water partition coefficient (Wildman–Crippen LogP) is 1.76. The summed E-state index contributed by atoms with van der Waals surface area (Å²) in [7, 11) is 0. The molecular weight excluding hydrogens is 124 g/mol. The van der Waals surface area contributed by atoms with E-state index >= 15 is 0 Å². The topological polar surface area (TPSA) is 17.1 Å². The molecule has 1 unspecified atom stereocenters. The summed E-state index contributed by atoms with van der Waals surface area (Å²) >= 11 is 5.48. The van der Waals surface area contributed by atoms with Gasteiger partial charge >= 0.3 is 0 Å². The monoisotopic (exact) mass is 132 g/mol. The van der Waals surface area contributed by atoms with Crippen molar-refractivity contribution >= 4 is 17.4 Å². The first-order valence-corrected chi connectivity index (χ1v) is 2.89. The van der Waals surface area contributed by atoms with Gasteiger partial charge in [-0.05, 0) is 19.9 Å². The average Bonchev–Trinajstić information content (AvgIpc) is 1.61. The number of rotatable bonds is 2. The summed E-state index contributed by atoms with van der Waals surface area (Å²) in [5.41, 5.74) is 0. The zero-order chi connectivity index (χ0) is 6.57. The van der Waals surface area contributed by atoms with Crippen molar-refractivity contribution in [2.45, 2.75) is 19.2 Å². The van der Waals surface area contributed by atoms with Crippen LogP contribution in [0.2, 0.25) is 0 Å². The summed E-state index contributed by atoms with van der Waals surface area (Å²) in [6.07, 6.45) is 3.13. The lowest BCUT2D eigenvalue weighted by molar-refractivity contribution is -0.112. The van der Waals surface area contributed by atoms with E-state index in [2.05, 4.69) is 0 Å². The van der Waals surface area contributed by atoms with Gasteiger partial charge in [-0.1, -0.05) is 6.08 Å². The van der Waals surface area contributed by atoms with Gasteiger partial charge in [-0.15, -0.1) is 11.6 Å². The van der Waals surface area contributed by atoms with Crippen LogP contribution in [0.25, 0.3) is 0 Å². The molecule has 0 heterocycles. The summed E-state index contributed by atoms with van der Waals surface area (Å²) in [6.45, 7) is 3.30. The largest absolute Gasteiger partial charge is 0.295 e. The number of hydrogen-bond acceptors (Lipinski definition) is 1. The van der Waals surface area contributed by atoms with E-state index in [1.54, 1.807) is 13.0 Å². The Morgan fingerprint density at radius 3 is 2.38 bits per heavy atom. The SMILES string of the molecule is CC(=O)C=CC(C)Cl. The van der Waals surface area contributed by atoms with Crippen LogP contribution in [0.1, 0.15) is 13.8 Å². The van der Waals surface area contributed by atoms with Gasteiger partial charge in [0.2, 0.25) is 0 Å². The molecule has 0 amide bonds. The highest BCUT2D eigenvalue weighted by molar-refractivity contribution is 6.21. The molecule has 1 nitrogen and oxygen atoms in total. The molecule has 0 N–H and O–H groups in total. The van der Waals surface area contributed by atoms with E-state index in [4.69, 9.17) is 11.6 Å². The van der Waals surface area contributed by atoms with Gasteiger partial charge in [-0.3, -0.25) is 4.79 Å². The van der Waals surface area contributed by atoms with Crippen molar-refractivity contribution in [3.8, 4) is 0 Å². The quantitative estimate of drug-likeness (QED) is 0.413. The van der Waals surface area contributed by atoms with Crippen molar-refractivity contribution in [2.24, 2.45) is 0 Å². The van der Waals surface area contributed by atoms with Gasteiger partial charge in [0.1, 0.15) is 0 Å². The smallest absolute Gasteiger partial charge is 0.152 e. The Kier molecular flexibility index (Phi) is 3.53. The number of allylic oxidation sites excluding steroid dienone is 2. The van der Waals surface area contributed by atoms with E-state index in [9.17, 15) is 4.79 Å². The van der Waals surface area contributed by atoms with E-state index in [1.807, 2.05) is 0 Å². The third kappa shape index (κ3) is 5.70. The van der Waals surface area contributed by atoms with Crippen LogP contribution in [-0.4, -0.2) is 11.2 Å². The van der Waals surface area contributed by atoms with Crippen molar-refractivity contribution in [3.63, 3.8) is 0 Å². The fraction of sp³-hybridized carbons (Fsp3) is 0.500. The van der Waals surface area contributed by atoms with Crippen LogP contribution in [0.5, 0.6) is 0 Å². The lowest BCUT2D eigenvalue weighted by atomic mass is 10.3. The van der Waals surface area contributed by atoms with Crippen LogP contribution >= 0.6 is 11.6 Å². The molecule has 8 heavy (non-hydrogen) atoms. The number of carbonyl (C=O) groups is 1. The van der Waals surface area contributed by atoms with Crippen molar-refractivity contribution in [2.75, 3.05) is 0 Å². The number of halogens is 1. The summed E-state index contributed by atoms with van der Waals surface area (Å²) in [5, 5.41) is -0.0427. The molecule has 46 valence electrons. The van der Waals surface area contributed by atoms with E-state index in [1.165, 1.54) is 13.0 Å². The van der Waals surface area contributed by atoms with Gasteiger partial charge < -0.3 is 0 Å². The Balaban J connectivity index is 3.50. The van der Waals surface area contributed by atoms with Crippen molar-refractivity contribution in [1.82, 2.24) is 0 Å². The molecule has 0 rings (SSSR count). The first-order chi connectivity index (χ1) is 3.63. The maximum atomic E-state index is 10.2. The molecule has 0 spiro atoms. The van der Waals surface area contributed by atoms with E-state index < -0.39 is 0 Å². The third-order valence-electron chi connectivity index (χ3n) is 0.596. The summed E-state index contributed by atoms with van der Waals surface area (Å²) < 4.78 is 0. The molecule has 0 aliphatic carbocycles. The highest BCUT2D eigenvalue weighted by Gasteiger charge is 1.86. The van der Waals surface area contributed by atoms with E-state index in [-0.39, 0.29) is 11.2 Å². The second-order valence-electron chi connectivity index (χ2n) is 1.65. The van der Waals surface area contributed by atoms with Gasteiger partial charge in [-0.2, -0.15) is 0 Å². The summed E-state index contributed by atoms with van der Waals surface area (Å²) in [6, 6.07) is 0. The third-order valence-corrected chi connectivity index (χ3v) is 0.742. The van der Waals surface area contributed by atoms with Crippen LogP contribution in [0, 0.1) is 0 Å². The van der Waals surface area contributed by atoms with Gasteiger partial charge in [0.05, 0.1) is 0 Å². The highest BCUT2D eigenvalue weighted by atomic mass is 35.5. The summed E-state index contributed by atoms with van der Waals surface area (Å²) in [4.78, 5) is 10.2. The number of carbonyl (C=O) groups excluding carboxylic acids is 1. The minimum Gasteiger partial charge on any atom is -0.295 e. The fourth-order valence-corrected chi connectivity index (χ4v) is 0.341. The summed E-state index contributed by atoms with van der Waals surface area (Å²) in [5.74, 6) is 0.0394. The predicted molar refractivity (Wildman–Crippen MR) is 35.1 cm³/mol. The molecule has 0 aromatic carbocycles. The molecule has 2 heteroatoms. The first-order valence-electron chi connectivity index (χ1n) is 2.46. The lowest BCUT2D eigenvalue weighted by Gasteiger charge is -1.86. The molecule has 0 fully saturated rings. The zero-order valence-corrected chi connectivity index (χ0v) is 5.77. The zero-order valence-electron chi connectivity index (χ0n) is 5.02. The second kappa shape index (κ2) is 3.67. The van der Waals surface area contributed by atoms with Crippen LogP contribution in [0.4, 0.5) is 0 Å². The highest BCUT2D eigenvalue weighted by Crippen LogP contribution is 1.93. The normalized spacial score (nSPS) is 14.4. The van der Waals surface area contributed by atoms with Gasteiger partial charge in [0, 0.05) is 5.38 Å². The second-order valence-corrected chi connectivity index (χ2v) is 2.34. The fourth-order valence-electron chi connectivity index (χ4n) is 0.268. The Labute approximate surface area is 54.3 Å². The first kappa shape index (κ1) is 7.70. The molecule has 0 aromatic heterocycles. The minimum absolute atomic E-state index is 0.0394. The van der Waals surface area contributed by atoms with E-state index in [0.29, 0.717) is 0 Å². The molecule has 0 bridgehead atoms. The van der Waals surface area contributed by atoms with Gasteiger partial charge in [-0.25, -0.2) is 0 Å². The van der Waals surface area contributed by atoms with Crippen molar-refractivity contribution in [1.29, 1.82) is 0 Å². The van der Waals surface area contributed by atoms with E-state index in [0.717, 1.165) is 0 Å². The Morgan fingerprint density at radius 2 is 2.25 bits per heavy atom. The molecular formula is C6H9ClO. The lowest BCUT2D eigenvalue weighted by Crippen LogP contribution is -1.85. The maximum absolute atomic E-state index is 10.2. The Morgan fingerprint density at radius 1 is 1.75 bits per heavy atom. The van der Waals surface area contributed by atoms with Crippen molar-refractivity contribution < 1.29 is 4.79 Å². The Bertz CT molecular complexity index is 105. The minimum atomic E-state index is -0.0427. The van der Waals surface area contributed by atoms with Crippen LogP contribution < -0.4 is 0 Å². The number of hydrogen-bond donors (Lipinski definition) is 0.